The zero-order valence-electron chi connectivity index (χ0n) is 11.3. The molecule has 0 aliphatic carbocycles. The number of amides is 1. The number of carboxylic acid groups (broad SMARTS) is 1. The number of thiol groups is 1. The van der Waals surface area contributed by atoms with Gasteiger partial charge in [0.25, 0.3) is 0 Å². The van der Waals surface area contributed by atoms with Gasteiger partial charge in [-0.2, -0.15) is 0 Å². The predicted octanol–water partition coefficient (Wildman–Crippen LogP) is -2.88. The molecule has 0 aromatic rings. The van der Waals surface area contributed by atoms with Gasteiger partial charge in [-0.3, -0.25) is 0 Å². The number of rotatable bonds is 5. The van der Waals surface area contributed by atoms with E-state index in [-0.39, 0.29) is 5.91 Å². The van der Waals surface area contributed by atoms with Gasteiger partial charge in [-0.15, -0.1) is 0 Å². The number of aliphatic carboxylic acids is 1. The summed E-state index contributed by atoms with van der Waals surface area (Å²) < 4.78 is -0.287. The molecule has 5 nitrogen and oxygen atoms in total. The van der Waals surface area contributed by atoms with Crippen LogP contribution in [0.2, 0.25) is 0 Å². The van der Waals surface area contributed by atoms with Crippen LogP contribution in [-0.4, -0.2) is 54.5 Å². The molecule has 1 rings (SSSR count). The van der Waals surface area contributed by atoms with Crippen molar-refractivity contribution in [2.75, 3.05) is 18.5 Å². The van der Waals surface area contributed by atoms with E-state index in [1.54, 1.807) is 20.9 Å². The van der Waals surface area contributed by atoms with Crippen LogP contribution in [0.5, 0.6) is 0 Å². The Hall–Kier alpha value is -0.0200. The molecule has 1 heterocycles. The van der Waals surface area contributed by atoms with Crippen LogP contribution in [0.3, 0.4) is 0 Å². The van der Waals surface area contributed by atoms with E-state index in [0.29, 0.717) is 9.24 Å². The van der Waals surface area contributed by atoms with E-state index in [0.717, 1.165) is 0 Å². The van der Waals surface area contributed by atoms with Gasteiger partial charge in [0, 0.05) is 0 Å². The molecule has 2 unspecified atom stereocenters. The molecule has 2 N–H and O–H groups in total. The van der Waals surface area contributed by atoms with Crippen LogP contribution in [0.25, 0.3) is 0 Å². The summed E-state index contributed by atoms with van der Waals surface area (Å²) in [6, 6.07) is -0.652. The summed E-state index contributed by atoms with van der Waals surface area (Å²) in [6.45, 7) is 6.05. The maximum absolute atomic E-state index is 12.0. The molecule has 106 valence electrons. The Morgan fingerprint density at radius 2 is 2.06 bits per heavy atom. The molecule has 1 aliphatic rings. The summed E-state index contributed by atoms with van der Waals surface area (Å²) in [4.78, 5) is 25.6. The van der Waals surface area contributed by atoms with Crippen molar-refractivity contribution in [3.8, 4) is 0 Å². The number of nitrogens with zero attached hydrogens (tertiary/aromatic N) is 1. The molecule has 0 aromatic carbocycles. The first kappa shape index (κ1) is 16.0. The van der Waals surface area contributed by atoms with Crippen LogP contribution in [0.15, 0.2) is 0 Å². The van der Waals surface area contributed by atoms with E-state index >= 15 is 0 Å². The van der Waals surface area contributed by atoms with Gasteiger partial charge in [-0.1, -0.05) is 0 Å². The molecule has 3 atom stereocenters. The summed E-state index contributed by atoms with van der Waals surface area (Å²) in [6.07, 6.45) is 0. The van der Waals surface area contributed by atoms with Crippen molar-refractivity contribution in [3.05, 3.63) is 0 Å². The number of alkyl halides is 1. The topological polar surface area (TPSA) is 66.4 Å². The van der Waals surface area contributed by atoms with Crippen LogP contribution >= 0.6 is 12.6 Å². The van der Waals surface area contributed by atoms with Crippen LogP contribution < -0.4 is 26.8 Å². The number of nitrogens with one attached hydrogen (secondary N) is 1. The quantitative estimate of drug-likeness (QED) is 0.156. The van der Waals surface area contributed by atoms with Crippen LogP contribution in [-0.2, 0) is 9.59 Å². The van der Waals surface area contributed by atoms with Crippen molar-refractivity contribution < 1.29 is 38.9 Å². The average Bonchev–Trinajstić information content (AvgIpc) is 2.82. The van der Waals surface area contributed by atoms with Crippen molar-refractivity contribution in [2.24, 2.45) is 0 Å². The van der Waals surface area contributed by atoms with Crippen LogP contribution in [0, 0.1) is 0 Å². The average molecular weight is 388 g/mol. The molecular weight excluding hydrogens is 367 g/mol. The Bertz CT molecular complexity index is 385. The number of hydrogen-bond acceptors (Lipinski definition) is 3. The molecule has 1 aliphatic heterocycles. The van der Waals surface area contributed by atoms with Crippen molar-refractivity contribution in [1.82, 2.24) is 5.32 Å². The molecular formula is C11H21IN2O3S. The standard InChI is InChI=1S/C11H21IN2O3S/c1-10(2,18)7(8(15)16)14(12-4)6-11(14,3)9(17)13-5/h7,18H,6H2,1-5H3,(H,13,17)(H,15,16)/t7-,11?,14?/m0/s1. The zero-order chi connectivity index (χ0) is 14.4. The van der Waals surface area contributed by atoms with Crippen LogP contribution in [0.1, 0.15) is 20.8 Å². The molecule has 0 radical (unpaired) electrons. The van der Waals surface area contributed by atoms with Gasteiger partial charge in [-0.25, -0.2) is 0 Å². The third kappa shape index (κ3) is 2.24. The second kappa shape index (κ2) is 4.82. The van der Waals surface area contributed by atoms with Gasteiger partial charge in [0.2, 0.25) is 0 Å². The maximum atomic E-state index is 12.0. The number of quaternary nitrogens is 1. The summed E-state index contributed by atoms with van der Waals surface area (Å²) in [7, 11) is 1.59. The SMILES string of the molecule is CNC(=O)C1(C)C[N+]1([I-]C)[C@@H](C(=O)O)C(C)(C)S. The molecule has 7 heteroatoms. The molecule has 1 saturated heterocycles. The second-order valence-corrected chi connectivity index (χ2v) is 9.19. The van der Waals surface area contributed by atoms with Crippen molar-refractivity contribution in [1.29, 1.82) is 0 Å². The number of halogens is 1. The minimum atomic E-state index is -0.871. The Labute approximate surface area is 124 Å². The molecule has 0 aromatic heterocycles. The van der Waals surface area contributed by atoms with E-state index in [1.807, 2.05) is 11.9 Å². The molecule has 0 spiro atoms. The number of carbonyl (C=O) groups is 2. The minimum absolute atomic E-state index is 0.0760. The van der Waals surface area contributed by atoms with Gasteiger partial charge in [0.05, 0.1) is 0 Å². The van der Waals surface area contributed by atoms with Crippen molar-refractivity contribution >= 4 is 24.5 Å². The Kier molecular flexibility index (Phi) is 4.30. The molecule has 0 bridgehead atoms. The van der Waals surface area contributed by atoms with E-state index in [2.05, 4.69) is 17.9 Å². The Morgan fingerprint density at radius 3 is 2.33 bits per heavy atom. The van der Waals surface area contributed by atoms with Crippen molar-refractivity contribution in [2.45, 2.75) is 37.1 Å². The third-order valence-corrected chi connectivity index (χ3v) is 7.51. The summed E-state index contributed by atoms with van der Waals surface area (Å²) in [5.74, 6) is -0.947. The van der Waals surface area contributed by atoms with Crippen LogP contribution in [0.4, 0.5) is 0 Å². The number of carboxylic acids is 1. The van der Waals surface area contributed by atoms with E-state index in [4.69, 9.17) is 0 Å². The fraction of sp³-hybridized carbons (Fsp3) is 0.818. The zero-order valence-corrected chi connectivity index (χ0v) is 14.4. The Balaban J connectivity index is 3.19. The first-order valence-corrected chi connectivity index (χ1v) is 9.20. The number of carbonyl (C=O) groups excluding carboxylic acids is 1. The monoisotopic (exact) mass is 388 g/mol. The number of hydrogen-bond donors (Lipinski definition) is 3. The molecule has 1 amide bonds. The fourth-order valence-electron chi connectivity index (χ4n) is 2.62. The van der Waals surface area contributed by atoms with E-state index in [1.165, 1.54) is 0 Å². The second-order valence-electron chi connectivity index (χ2n) is 5.35. The normalized spacial score (nSPS) is 33.0. The van der Waals surface area contributed by atoms with E-state index in [9.17, 15) is 14.7 Å². The van der Waals surface area contributed by atoms with Crippen molar-refractivity contribution in [3.63, 3.8) is 0 Å². The summed E-state index contributed by atoms with van der Waals surface area (Å²) in [5, 5.41) is 12.2. The first-order valence-electron chi connectivity index (χ1n) is 5.63. The summed E-state index contributed by atoms with van der Waals surface area (Å²) >= 11 is 3.99. The van der Waals surface area contributed by atoms with Gasteiger partial charge >= 0.3 is 124 Å². The van der Waals surface area contributed by atoms with Gasteiger partial charge in [-0.05, 0) is 0 Å². The molecule has 18 heavy (non-hydrogen) atoms. The Morgan fingerprint density at radius 1 is 1.56 bits per heavy atom. The molecule has 0 saturated carbocycles. The predicted molar refractivity (Wildman–Crippen MR) is 68.0 cm³/mol. The van der Waals surface area contributed by atoms with Gasteiger partial charge < -0.3 is 0 Å². The third-order valence-electron chi connectivity index (χ3n) is 3.59. The molecule has 1 fully saturated rings. The number of likely N-dealkylation sites (N-methyl/N-ethyl adjacent to an activating group) is 1. The van der Waals surface area contributed by atoms with E-state index < -0.39 is 43.8 Å². The summed E-state index contributed by atoms with van der Waals surface area (Å²) in [5.41, 5.74) is -0.611. The fourth-order valence-corrected chi connectivity index (χ4v) is 6.93. The first-order chi connectivity index (χ1) is 8.06. The van der Waals surface area contributed by atoms with Gasteiger partial charge in [0.1, 0.15) is 0 Å². The van der Waals surface area contributed by atoms with Gasteiger partial charge in [0.15, 0.2) is 0 Å².